The maximum absolute atomic E-state index is 12.0. The fourth-order valence-corrected chi connectivity index (χ4v) is 3.25. The Labute approximate surface area is 163 Å². The van der Waals surface area contributed by atoms with Gasteiger partial charge in [-0.25, -0.2) is 9.78 Å². The Morgan fingerprint density at radius 2 is 1.89 bits per heavy atom. The molecule has 2 aromatic carbocycles. The Morgan fingerprint density at radius 3 is 2.52 bits per heavy atom. The van der Waals surface area contributed by atoms with Crippen LogP contribution in [0.15, 0.2) is 71.0 Å². The maximum Gasteiger partial charge on any atom is 0.319 e. The van der Waals surface area contributed by atoms with Gasteiger partial charge in [-0.3, -0.25) is 0 Å². The molecule has 0 spiro atoms. The van der Waals surface area contributed by atoms with Gasteiger partial charge in [0, 0.05) is 36.6 Å². The van der Waals surface area contributed by atoms with Crippen molar-refractivity contribution in [1.29, 1.82) is 0 Å². The van der Waals surface area contributed by atoms with E-state index in [1.165, 1.54) is 0 Å². The summed E-state index contributed by atoms with van der Waals surface area (Å²) in [6.45, 7) is 0.561. The molecular formula is C20H22N4O2S. The number of hydrogen-bond acceptors (Lipinski definition) is 4. The molecule has 1 heterocycles. The minimum Gasteiger partial charge on any atom is -0.497 e. The van der Waals surface area contributed by atoms with Gasteiger partial charge >= 0.3 is 6.03 Å². The van der Waals surface area contributed by atoms with Gasteiger partial charge in [0.25, 0.3) is 0 Å². The van der Waals surface area contributed by atoms with Crippen molar-refractivity contribution in [3.63, 3.8) is 0 Å². The lowest BCUT2D eigenvalue weighted by Crippen LogP contribution is -2.30. The number of imidazole rings is 1. The van der Waals surface area contributed by atoms with Crippen molar-refractivity contribution in [2.24, 2.45) is 7.05 Å². The van der Waals surface area contributed by atoms with Gasteiger partial charge in [-0.1, -0.05) is 23.9 Å². The van der Waals surface area contributed by atoms with Crippen molar-refractivity contribution >= 4 is 23.5 Å². The summed E-state index contributed by atoms with van der Waals surface area (Å²) >= 11 is 1.58. The average molecular weight is 382 g/mol. The van der Waals surface area contributed by atoms with Crippen LogP contribution in [0, 0.1) is 0 Å². The minimum atomic E-state index is -0.215. The molecule has 0 fully saturated rings. The van der Waals surface area contributed by atoms with E-state index in [9.17, 15) is 4.79 Å². The molecule has 140 valence electrons. The second-order valence-electron chi connectivity index (χ2n) is 5.93. The molecule has 0 aliphatic rings. The Kier molecular flexibility index (Phi) is 6.38. The molecule has 1 aromatic heterocycles. The van der Waals surface area contributed by atoms with Gasteiger partial charge in [-0.05, 0) is 48.4 Å². The van der Waals surface area contributed by atoms with E-state index >= 15 is 0 Å². The maximum atomic E-state index is 12.0. The molecule has 0 saturated heterocycles. The number of nitrogens with zero attached hydrogens (tertiary/aromatic N) is 2. The smallest absolute Gasteiger partial charge is 0.319 e. The molecule has 6 nitrogen and oxygen atoms in total. The SMILES string of the molecule is COc1ccc(CCNC(=O)Nc2ccc(Sc3nccn3C)cc2)cc1. The van der Waals surface area contributed by atoms with Crippen molar-refractivity contribution in [3.8, 4) is 5.75 Å². The Balaban J connectivity index is 1.44. The second kappa shape index (κ2) is 9.14. The number of hydrogen-bond donors (Lipinski definition) is 2. The summed E-state index contributed by atoms with van der Waals surface area (Å²) in [4.78, 5) is 17.4. The zero-order valence-electron chi connectivity index (χ0n) is 15.3. The number of carbonyl (C=O) groups excluding carboxylic acids is 1. The zero-order valence-corrected chi connectivity index (χ0v) is 16.1. The van der Waals surface area contributed by atoms with Crippen LogP contribution in [-0.4, -0.2) is 29.2 Å². The first-order valence-electron chi connectivity index (χ1n) is 8.57. The Morgan fingerprint density at radius 1 is 1.15 bits per heavy atom. The predicted molar refractivity (Wildman–Crippen MR) is 107 cm³/mol. The minimum absolute atomic E-state index is 0.215. The number of aromatic nitrogens is 2. The van der Waals surface area contributed by atoms with Crippen molar-refractivity contribution < 1.29 is 9.53 Å². The van der Waals surface area contributed by atoms with Crippen molar-refractivity contribution in [1.82, 2.24) is 14.9 Å². The highest BCUT2D eigenvalue weighted by Gasteiger charge is 2.05. The number of carbonyl (C=O) groups is 1. The van der Waals surface area contributed by atoms with Crippen LogP contribution in [0.2, 0.25) is 0 Å². The van der Waals surface area contributed by atoms with E-state index in [1.54, 1.807) is 25.1 Å². The molecule has 3 rings (SSSR count). The van der Waals surface area contributed by atoms with Crippen LogP contribution in [-0.2, 0) is 13.5 Å². The van der Waals surface area contributed by atoms with Gasteiger partial charge < -0.3 is 19.9 Å². The fourth-order valence-electron chi connectivity index (χ4n) is 2.45. The first kappa shape index (κ1) is 18.8. The van der Waals surface area contributed by atoms with Crippen LogP contribution in [0.5, 0.6) is 5.75 Å². The molecule has 0 unspecified atom stereocenters. The first-order valence-corrected chi connectivity index (χ1v) is 9.39. The first-order chi connectivity index (χ1) is 13.1. The van der Waals surface area contributed by atoms with Crippen LogP contribution in [0.4, 0.5) is 10.5 Å². The summed E-state index contributed by atoms with van der Waals surface area (Å²) in [7, 11) is 3.60. The number of nitrogens with one attached hydrogen (secondary N) is 2. The lowest BCUT2D eigenvalue weighted by molar-refractivity contribution is 0.252. The van der Waals surface area contributed by atoms with Crippen LogP contribution in [0.1, 0.15) is 5.56 Å². The van der Waals surface area contributed by atoms with E-state index in [4.69, 9.17) is 4.74 Å². The number of anilines is 1. The van der Waals surface area contributed by atoms with E-state index in [1.807, 2.05) is 66.3 Å². The van der Waals surface area contributed by atoms with Crippen LogP contribution >= 0.6 is 11.8 Å². The summed E-state index contributed by atoms with van der Waals surface area (Å²) in [5.41, 5.74) is 1.90. The largest absolute Gasteiger partial charge is 0.497 e. The van der Waals surface area contributed by atoms with E-state index in [0.29, 0.717) is 6.54 Å². The van der Waals surface area contributed by atoms with Gasteiger partial charge in [0.2, 0.25) is 0 Å². The van der Waals surface area contributed by atoms with E-state index < -0.39 is 0 Å². The number of rotatable bonds is 7. The lowest BCUT2D eigenvalue weighted by Gasteiger charge is -2.09. The topological polar surface area (TPSA) is 68.2 Å². The highest BCUT2D eigenvalue weighted by Crippen LogP contribution is 2.26. The third kappa shape index (κ3) is 5.52. The molecule has 0 bridgehead atoms. The van der Waals surface area contributed by atoms with Crippen molar-refractivity contribution in [2.75, 3.05) is 19.0 Å². The molecule has 27 heavy (non-hydrogen) atoms. The number of methoxy groups -OCH3 is 1. The van der Waals surface area contributed by atoms with E-state index in [2.05, 4.69) is 15.6 Å². The average Bonchev–Trinajstić information content (AvgIpc) is 3.08. The molecule has 7 heteroatoms. The van der Waals surface area contributed by atoms with Crippen LogP contribution in [0.3, 0.4) is 0 Å². The molecule has 2 N–H and O–H groups in total. The lowest BCUT2D eigenvalue weighted by atomic mass is 10.1. The Hall–Kier alpha value is -2.93. The summed E-state index contributed by atoms with van der Waals surface area (Å²) in [6, 6.07) is 15.3. The molecule has 2 amide bonds. The van der Waals surface area contributed by atoms with E-state index in [-0.39, 0.29) is 6.03 Å². The van der Waals surface area contributed by atoms with Gasteiger partial charge in [0.1, 0.15) is 5.75 Å². The van der Waals surface area contributed by atoms with Gasteiger partial charge in [-0.15, -0.1) is 0 Å². The molecule has 0 aliphatic carbocycles. The zero-order chi connectivity index (χ0) is 19.1. The van der Waals surface area contributed by atoms with Gasteiger partial charge in [-0.2, -0.15) is 0 Å². The normalized spacial score (nSPS) is 10.4. The number of ether oxygens (including phenoxy) is 1. The predicted octanol–water partition coefficient (Wildman–Crippen LogP) is 3.94. The number of benzene rings is 2. The Bertz CT molecular complexity index is 876. The van der Waals surface area contributed by atoms with Gasteiger partial charge in [0.15, 0.2) is 5.16 Å². The summed E-state index contributed by atoms with van der Waals surface area (Å²) in [6.07, 6.45) is 4.44. The summed E-state index contributed by atoms with van der Waals surface area (Å²) < 4.78 is 7.10. The molecule has 0 radical (unpaired) electrons. The second-order valence-corrected chi connectivity index (χ2v) is 6.97. The molecule has 0 aliphatic heterocycles. The number of amides is 2. The van der Waals surface area contributed by atoms with E-state index in [0.717, 1.165) is 33.5 Å². The van der Waals surface area contributed by atoms with Gasteiger partial charge in [0.05, 0.1) is 7.11 Å². The molecule has 0 atom stereocenters. The summed E-state index contributed by atoms with van der Waals surface area (Å²) in [5, 5.41) is 6.63. The standard InChI is InChI=1S/C20H22N4O2S/c1-24-14-13-22-20(24)27-18-9-5-16(6-10-18)23-19(25)21-12-11-15-3-7-17(26-2)8-4-15/h3-10,13-14H,11-12H2,1-2H3,(H2,21,23,25). The van der Waals surface area contributed by atoms with Crippen molar-refractivity contribution in [2.45, 2.75) is 16.5 Å². The fraction of sp³-hybridized carbons (Fsp3) is 0.200. The third-order valence-electron chi connectivity index (χ3n) is 3.96. The monoisotopic (exact) mass is 382 g/mol. The number of urea groups is 1. The summed E-state index contributed by atoms with van der Waals surface area (Å²) in [5.74, 6) is 0.828. The molecule has 3 aromatic rings. The van der Waals surface area contributed by atoms with Crippen LogP contribution in [0.25, 0.3) is 0 Å². The number of aryl methyl sites for hydroxylation is 1. The molecule has 0 saturated carbocycles. The third-order valence-corrected chi connectivity index (χ3v) is 5.04. The molecular weight excluding hydrogens is 360 g/mol. The van der Waals surface area contributed by atoms with Crippen LogP contribution < -0.4 is 15.4 Å². The van der Waals surface area contributed by atoms with Crippen molar-refractivity contribution in [3.05, 3.63) is 66.5 Å². The quantitative estimate of drug-likeness (QED) is 0.649. The highest BCUT2D eigenvalue weighted by atomic mass is 32.2. The highest BCUT2D eigenvalue weighted by molar-refractivity contribution is 7.99.